The second-order valence-electron chi connectivity index (χ2n) is 5.36. The van der Waals surface area contributed by atoms with Gasteiger partial charge in [-0.2, -0.15) is 0 Å². The molecule has 0 fully saturated rings. The Morgan fingerprint density at radius 2 is 2.04 bits per heavy atom. The highest BCUT2D eigenvalue weighted by Crippen LogP contribution is 2.21. The molecule has 3 aromatic rings. The van der Waals surface area contributed by atoms with Gasteiger partial charge in [0.1, 0.15) is 6.54 Å². The number of aryl methyl sites for hydroxylation is 1. The SMILES string of the molecule is Cc1cc(NC(=O)Cn2cc(C=O)c3ccccc32)ccc1Br. The maximum atomic E-state index is 12.3. The van der Waals surface area contributed by atoms with Crippen molar-refractivity contribution in [1.29, 1.82) is 0 Å². The Morgan fingerprint density at radius 1 is 1.26 bits per heavy atom. The molecule has 0 aliphatic rings. The van der Waals surface area contributed by atoms with Crippen molar-refractivity contribution in [3.05, 3.63) is 64.3 Å². The van der Waals surface area contributed by atoms with Crippen molar-refractivity contribution in [2.45, 2.75) is 13.5 Å². The fourth-order valence-corrected chi connectivity index (χ4v) is 2.82. The number of anilines is 1. The van der Waals surface area contributed by atoms with Crippen LogP contribution in [0.25, 0.3) is 10.9 Å². The van der Waals surface area contributed by atoms with Crippen LogP contribution in [0, 0.1) is 6.92 Å². The Morgan fingerprint density at radius 3 is 2.78 bits per heavy atom. The number of aldehydes is 1. The van der Waals surface area contributed by atoms with Crippen molar-refractivity contribution in [2.24, 2.45) is 0 Å². The molecule has 0 bridgehead atoms. The van der Waals surface area contributed by atoms with Crippen LogP contribution < -0.4 is 5.32 Å². The number of benzene rings is 2. The molecule has 116 valence electrons. The highest BCUT2D eigenvalue weighted by molar-refractivity contribution is 9.10. The van der Waals surface area contributed by atoms with Crippen LogP contribution >= 0.6 is 15.9 Å². The number of rotatable bonds is 4. The van der Waals surface area contributed by atoms with E-state index >= 15 is 0 Å². The zero-order valence-corrected chi connectivity index (χ0v) is 14.1. The van der Waals surface area contributed by atoms with Gasteiger partial charge in [0.15, 0.2) is 6.29 Å². The fraction of sp³-hybridized carbons (Fsp3) is 0.111. The van der Waals surface area contributed by atoms with Crippen LogP contribution in [0.3, 0.4) is 0 Å². The molecule has 0 unspecified atom stereocenters. The van der Waals surface area contributed by atoms with E-state index in [1.807, 2.05) is 49.4 Å². The van der Waals surface area contributed by atoms with Crippen LogP contribution in [-0.4, -0.2) is 16.8 Å². The molecule has 1 aromatic heterocycles. The van der Waals surface area contributed by atoms with E-state index in [-0.39, 0.29) is 12.5 Å². The summed E-state index contributed by atoms with van der Waals surface area (Å²) in [4.78, 5) is 23.4. The van der Waals surface area contributed by atoms with E-state index in [0.29, 0.717) is 5.56 Å². The lowest BCUT2D eigenvalue weighted by atomic mass is 10.2. The first-order valence-electron chi connectivity index (χ1n) is 7.17. The van der Waals surface area contributed by atoms with Gasteiger partial charge >= 0.3 is 0 Å². The van der Waals surface area contributed by atoms with Crippen molar-refractivity contribution in [3.8, 4) is 0 Å². The minimum atomic E-state index is -0.134. The molecule has 4 nitrogen and oxygen atoms in total. The third-order valence-electron chi connectivity index (χ3n) is 3.70. The molecule has 0 atom stereocenters. The summed E-state index contributed by atoms with van der Waals surface area (Å²) >= 11 is 3.44. The molecule has 1 amide bonds. The lowest BCUT2D eigenvalue weighted by Gasteiger charge is -2.08. The Kier molecular flexibility index (Phi) is 4.30. The second-order valence-corrected chi connectivity index (χ2v) is 6.21. The topological polar surface area (TPSA) is 51.1 Å². The number of nitrogens with one attached hydrogen (secondary N) is 1. The van der Waals surface area contributed by atoms with Gasteiger partial charge in [-0.3, -0.25) is 9.59 Å². The number of carbonyl (C=O) groups is 2. The largest absolute Gasteiger partial charge is 0.337 e. The number of halogens is 1. The van der Waals surface area contributed by atoms with Crippen LogP contribution in [0.15, 0.2) is 53.1 Å². The van der Waals surface area contributed by atoms with Gasteiger partial charge in [-0.15, -0.1) is 0 Å². The summed E-state index contributed by atoms with van der Waals surface area (Å²) in [6.45, 7) is 2.12. The van der Waals surface area contributed by atoms with Gasteiger partial charge < -0.3 is 9.88 Å². The quantitative estimate of drug-likeness (QED) is 0.700. The van der Waals surface area contributed by atoms with E-state index in [0.717, 1.165) is 32.9 Å². The number of hydrogen-bond donors (Lipinski definition) is 1. The zero-order chi connectivity index (χ0) is 16.4. The number of aromatic nitrogens is 1. The molecule has 2 aromatic carbocycles. The average Bonchev–Trinajstić information content (AvgIpc) is 2.89. The predicted molar refractivity (Wildman–Crippen MR) is 94.8 cm³/mol. The number of amides is 1. The van der Waals surface area contributed by atoms with Gasteiger partial charge in [-0.1, -0.05) is 34.1 Å². The van der Waals surface area contributed by atoms with E-state index in [4.69, 9.17) is 0 Å². The molecule has 0 saturated carbocycles. The first-order chi connectivity index (χ1) is 11.1. The van der Waals surface area contributed by atoms with E-state index in [2.05, 4.69) is 21.2 Å². The van der Waals surface area contributed by atoms with Gasteiger partial charge in [0.2, 0.25) is 5.91 Å². The van der Waals surface area contributed by atoms with Crippen molar-refractivity contribution in [3.63, 3.8) is 0 Å². The van der Waals surface area contributed by atoms with Crippen LogP contribution in [0.4, 0.5) is 5.69 Å². The first-order valence-corrected chi connectivity index (χ1v) is 7.97. The minimum absolute atomic E-state index is 0.134. The lowest BCUT2D eigenvalue weighted by Crippen LogP contribution is -2.18. The average molecular weight is 371 g/mol. The van der Waals surface area contributed by atoms with Gasteiger partial charge in [-0.05, 0) is 36.8 Å². The van der Waals surface area contributed by atoms with E-state index in [9.17, 15) is 9.59 Å². The molecular formula is C18H15BrN2O2. The second kappa shape index (κ2) is 6.38. The maximum absolute atomic E-state index is 12.3. The fourth-order valence-electron chi connectivity index (χ4n) is 2.58. The van der Waals surface area contributed by atoms with Crippen LogP contribution in [0.2, 0.25) is 0 Å². The normalized spacial score (nSPS) is 10.7. The van der Waals surface area contributed by atoms with Crippen molar-refractivity contribution < 1.29 is 9.59 Å². The molecular weight excluding hydrogens is 356 g/mol. The van der Waals surface area contributed by atoms with E-state index < -0.39 is 0 Å². The summed E-state index contributed by atoms with van der Waals surface area (Å²) in [5, 5.41) is 3.74. The van der Waals surface area contributed by atoms with Crippen molar-refractivity contribution in [2.75, 3.05) is 5.32 Å². The van der Waals surface area contributed by atoms with E-state index in [1.54, 1.807) is 10.8 Å². The predicted octanol–water partition coefficient (Wildman–Crippen LogP) is 4.16. The molecule has 0 radical (unpaired) electrons. The van der Waals surface area contributed by atoms with Crippen LogP contribution in [0.5, 0.6) is 0 Å². The summed E-state index contributed by atoms with van der Waals surface area (Å²) in [5.41, 5.74) is 3.27. The monoisotopic (exact) mass is 370 g/mol. The smallest absolute Gasteiger partial charge is 0.244 e. The molecule has 23 heavy (non-hydrogen) atoms. The highest BCUT2D eigenvalue weighted by atomic mass is 79.9. The lowest BCUT2D eigenvalue weighted by molar-refractivity contribution is -0.116. The summed E-state index contributed by atoms with van der Waals surface area (Å²) < 4.78 is 2.79. The van der Waals surface area contributed by atoms with Gasteiger partial charge in [0, 0.05) is 32.8 Å². The van der Waals surface area contributed by atoms with Gasteiger partial charge in [0.25, 0.3) is 0 Å². The van der Waals surface area contributed by atoms with E-state index in [1.165, 1.54) is 0 Å². The number of fused-ring (bicyclic) bond motifs is 1. The summed E-state index contributed by atoms with van der Waals surface area (Å²) in [5.74, 6) is -0.134. The van der Waals surface area contributed by atoms with Gasteiger partial charge in [0.05, 0.1) is 0 Å². The Hall–Kier alpha value is -2.40. The zero-order valence-electron chi connectivity index (χ0n) is 12.5. The number of nitrogens with zero attached hydrogens (tertiary/aromatic N) is 1. The number of para-hydroxylation sites is 1. The number of hydrogen-bond acceptors (Lipinski definition) is 2. The van der Waals surface area contributed by atoms with Crippen molar-refractivity contribution >= 4 is 44.7 Å². The third kappa shape index (κ3) is 3.19. The molecule has 3 rings (SSSR count). The highest BCUT2D eigenvalue weighted by Gasteiger charge is 2.11. The molecule has 0 spiro atoms. The third-order valence-corrected chi connectivity index (χ3v) is 4.59. The summed E-state index contributed by atoms with van der Waals surface area (Å²) in [7, 11) is 0. The first kappa shape index (κ1) is 15.5. The Labute approximate surface area is 142 Å². The minimum Gasteiger partial charge on any atom is -0.337 e. The molecule has 5 heteroatoms. The van der Waals surface area contributed by atoms with Crippen LogP contribution in [-0.2, 0) is 11.3 Å². The molecule has 0 aliphatic heterocycles. The Balaban J connectivity index is 1.83. The van der Waals surface area contributed by atoms with Gasteiger partial charge in [-0.25, -0.2) is 0 Å². The molecule has 1 heterocycles. The van der Waals surface area contributed by atoms with Crippen LogP contribution in [0.1, 0.15) is 15.9 Å². The Bertz CT molecular complexity index is 899. The summed E-state index contributed by atoms with van der Waals surface area (Å²) in [6.07, 6.45) is 2.53. The maximum Gasteiger partial charge on any atom is 0.244 e. The number of carbonyl (C=O) groups excluding carboxylic acids is 2. The molecule has 1 N–H and O–H groups in total. The standard InChI is InChI=1S/C18H15BrN2O2/c1-12-8-14(6-7-16(12)19)20-18(23)10-21-9-13(11-22)15-4-2-3-5-17(15)21/h2-9,11H,10H2,1H3,(H,20,23). The molecule has 0 aliphatic carbocycles. The molecule has 0 saturated heterocycles. The van der Waals surface area contributed by atoms with Crippen molar-refractivity contribution in [1.82, 2.24) is 4.57 Å². The summed E-state index contributed by atoms with van der Waals surface area (Å²) in [6, 6.07) is 13.2.